The van der Waals surface area contributed by atoms with E-state index in [4.69, 9.17) is 4.42 Å². The van der Waals surface area contributed by atoms with Gasteiger partial charge >= 0.3 is 0 Å². The van der Waals surface area contributed by atoms with Crippen LogP contribution < -0.4 is 10.0 Å². The van der Waals surface area contributed by atoms with Crippen molar-refractivity contribution in [2.45, 2.75) is 24.6 Å². The second-order valence-electron chi connectivity index (χ2n) is 3.67. The molecule has 0 aliphatic rings. The van der Waals surface area contributed by atoms with Gasteiger partial charge in [0.15, 0.2) is 0 Å². The first-order chi connectivity index (χ1) is 7.99. The van der Waals surface area contributed by atoms with Crippen LogP contribution in [0.3, 0.4) is 0 Å². The molecule has 17 heavy (non-hydrogen) atoms. The summed E-state index contributed by atoms with van der Waals surface area (Å²) in [6.45, 7) is 2.60. The molecule has 1 rings (SSSR count). The fourth-order valence-corrected chi connectivity index (χ4v) is 2.56. The molecule has 1 aromatic heterocycles. The number of sulfonamides is 1. The number of thioether (sulfide) groups is 1. The first-order valence-electron chi connectivity index (χ1n) is 5.24. The Morgan fingerprint density at radius 1 is 1.47 bits per heavy atom. The van der Waals surface area contributed by atoms with Gasteiger partial charge in [-0.1, -0.05) is 0 Å². The number of nitrogens with one attached hydrogen (secondary N) is 2. The third-order valence-corrected chi connectivity index (χ3v) is 4.33. The minimum atomic E-state index is -3.47. The zero-order valence-corrected chi connectivity index (χ0v) is 11.8. The van der Waals surface area contributed by atoms with E-state index in [0.29, 0.717) is 18.3 Å². The molecule has 0 saturated carbocycles. The zero-order valence-electron chi connectivity index (χ0n) is 10.2. The van der Waals surface area contributed by atoms with Crippen LogP contribution in [0.4, 0.5) is 0 Å². The highest BCUT2D eigenvalue weighted by atomic mass is 32.2. The molecule has 0 radical (unpaired) electrons. The quantitative estimate of drug-likeness (QED) is 0.779. The van der Waals surface area contributed by atoms with Gasteiger partial charge in [-0.3, -0.25) is 0 Å². The van der Waals surface area contributed by atoms with Crippen LogP contribution in [0.5, 0.6) is 0 Å². The molecule has 1 aromatic rings. The van der Waals surface area contributed by atoms with Gasteiger partial charge in [0, 0.05) is 11.8 Å². The molecule has 0 saturated heterocycles. The lowest BCUT2D eigenvalue weighted by Gasteiger charge is -2.10. The molecule has 0 amide bonds. The monoisotopic (exact) mass is 278 g/mol. The van der Waals surface area contributed by atoms with Crippen molar-refractivity contribution in [1.82, 2.24) is 10.0 Å². The summed E-state index contributed by atoms with van der Waals surface area (Å²) in [7, 11) is -2.12. The maximum Gasteiger partial charge on any atom is 0.273 e. The lowest BCUT2D eigenvalue weighted by Crippen LogP contribution is -2.27. The van der Waals surface area contributed by atoms with Crippen LogP contribution in [-0.4, -0.2) is 33.5 Å². The predicted octanol–water partition coefficient (Wildman–Crippen LogP) is 1.03. The minimum absolute atomic E-state index is 0.0469. The molecule has 5 nitrogen and oxygen atoms in total. The molecule has 1 unspecified atom stereocenters. The van der Waals surface area contributed by atoms with E-state index in [-0.39, 0.29) is 5.09 Å². The standard InChI is InChI=1S/C10H18N2O3S2/c1-8(7-16-3)12-6-9-4-5-10(15-9)17(13,14)11-2/h4-5,8,11-12H,6-7H2,1-3H3. The van der Waals surface area contributed by atoms with Crippen molar-refractivity contribution in [1.29, 1.82) is 0 Å². The number of hydrogen-bond donors (Lipinski definition) is 2. The van der Waals surface area contributed by atoms with Gasteiger partial charge in [-0.15, -0.1) is 0 Å². The minimum Gasteiger partial charge on any atom is -0.447 e. The molecule has 2 N–H and O–H groups in total. The third-order valence-electron chi connectivity index (χ3n) is 2.21. The average Bonchev–Trinajstić information content (AvgIpc) is 2.76. The normalized spacial score (nSPS) is 13.8. The van der Waals surface area contributed by atoms with E-state index >= 15 is 0 Å². The molecular formula is C10H18N2O3S2. The molecule has 0 spiro atoms. The van der Waals surface area contributed by atoms with Gasteiger partial charge in [0.05, 0.1) is 6.54 Å². The highest BCUT2D eigenvalue weighted by molar-refractivity contribution is 7.98. The molecule has 0 bridgehead atoms. The van der Waals surface area contributed by atoms with Gasteiger partial charge in [0.2, 0.25) is 5.09 Å². The third kappa shape index (κ3) is 4.34. The van der Waals surface area contributed by atoms with Crippen molar-refractivity contribution >= 4 is 21.8 Å². The molecule has 7 heteroatoms. The van der Waals surface area contributed by atoms with E-state index in [1.807, 2.05) is 6.26 Å². The molecule has 1 heterocycles. The van der Waals surface area contributed by atoms with Gasteiger partial charge < -0.3 is 9.73 Å². The molecule has 0 aromatic carbocycles. The van der Waals surface area contributed by atoms with Gasteiger partial charge in [0.1, 0.15) is 5.76 Å². The lowest BCUT2D eigenvalue weighted by molar-refractivity contribution is 0.394. The van der Waals surface area contributed by atoms with Crippen molar-refractivity contribution in [3.05, 3.63) is 17.9 Å². The second kappa shape index (κ2) is 6.44. The summed E-state index contributed by atoms with van der Waals surface area (Å²) in [5.74, 6) is 1.62. The van der Waals surface area contributed by atoms with E-state index in [1.165, 1.54) is 13.1 Å². The van der Waals surface area contributed by atoms with Crippen LogP contribution in [-0.2, 0) is 16.6 Å². The summed E-state index contributed by atoms with van der Waals surface area (Å²) in [5.41, 5.74) is 0. The summed E-state index contributed by atoms with van der Waals surface area (Å²) >= 11 is 1.76. The highest BCUT2D eigenvalue weighted by Crippen LogP contribution is 2.13. The van der Waals surface area contributed by atoms with Crippen molar-refractivity contribution < 1.29 is 12.8 Å². The van der Waals surface area contributed by atoms with Crippen LogP contribution >= 0.6 is 11.8 Å². The van der Waals surface area contributed by atoms with E-state index < -0.39 is 10.0 Å². The Morgan fingerprint density at radius 2 is 2.18 bits per heavy atom. The van der Waals surface area contributed by atoms with Gasteiger partial charge in [-0.25, -0.2) is 13.1 Å². The number of rotatable bonds is 7. The number of hydrogen-bond acceptors (Lipinski definition) is 5. The Hall–Kier alpha value is -0.500. The molecule has 1 atom stereocenters. The Labute approximate surface area is 106 Å². The molecular weight excluding hydrogens is 260 g/mol. The van der Waals surface area contributed by atoms with Gasteiger partial charge in [0.25, 0.3) is 10.0 Å². The summed E-state index contributed by atoms with van der Waals surface area (Å²) < 4.78 is 30.3. The van der Waals surface area contributed by atoms with Crippen molar-refractivity contribution in [2.24, 2.45) is 0 Å². The lowest BCUT2D eigenvalue weighted by atomic mass is 10.3. The van der Waals surface area contributed by atoms with Crippen LogP contribution in [0.1, 0.15) is 12.7 Å². The van der Waals surface area contributed by atoms with E-state index in [9.17, 15) is 8.42 Å². The summed E-state index contributed by atoms with van der Waals surface area (Å²) in [4.78, 5) is 0. The maximum atomic E-state index is 11.4. The van der Waals surface area contributed by atoms with Crippen molar-refractivity contribution in [2.75, 3.05) is 19.1 Å². The SMILES string of the molecule is CNS(=O)(=O)c1ccc(CNC(C)CSC)o1. The Kier molecular flexibility index (Phi) is 5.51. The fraction of sp³-hybridized carbons (Fsp3) is 0.600. The first kappa shape index (κ1) is 14.6. The molecule has 98 valence electrons. The fourth-order valence-electron chi connectivity index (χ4n) is 1.28. The average molecular weight is 278 g/mol. The predicted molar refractivity (Wildman–Crippen MR) is 69.6 cm³/mol. The summed E-state index contributed by atoms with van der Waals surface area (Å²) in [6.07, 6.45) is 2.04. The van der Waals surface area contributed by atoms with E-state index in [2.05, 4.69) is 17.0 Å². The topological polar surface area (TPSA) is 71.3 Å². The highest BCUT2D eigenvalue weighted by Gasteiger charge is 2.16. The number of furan rings is 1. The van der Waals surface area contributed by atoms with Gasteiger partial charge in [-0.2, -0.15) is 11.8 Å². The summed E-state index contributed by atoms with van der Waals surface area (Å²) in [5, 5.41) is 3.21. The van der Waals surface area contributed by atoms with E-state index in [0.717, 1.165) is 5.75 Å². The second-order valence-corrected chi connectivity index (χ2v) is 6.39. The Bertz CT molecular complexity index is 442. The van der Waals surface area contributed by atoms with Crippen LogP contribution in [0, 0.1) is 0 Å². The smallest absolute Gasteiger partial charge is 0.273 e. The van der Waals surface area contributed by atoms with Crippen molar-refractivity contribution in [3.63, 3.8) is 0 Å². The molecule has 0 aliphatic carbocycles. The van der Waals surface area contributed by atoms with E-state index in [1.54, 1.807) is 17.8 Å². The van der Waals surface area contributed by atoms with Crippen molar-refractivity contribution in [3.8, 4) is 0 Å². The van der Waals surface area contributed by atoms with Crippen LogP contribution in [0.2, 0.25) is 0 Å². The zero-order chi connectivity index (χ0) is 12.9. The summed E-state index contributed by atoms with van der Waals surface area (Å²) in [6, 6.07) is 3.49. The van der Waals surface area contributed by atoms with Crippen LogP contribution in [0.15, 0.2) is 21.6 Å². The van der Waals surface area contributed by atoms with Gasteiger partial charge in [-0.05, 0) is 32.4 Å². The largest absolute Gasteiger partial charge is 0.447 e. The van der Waals surface area contributed by atoms with Crippen LogP contribution in [0.25, 0.3) is 0 Å². The Balaban J connectivity index is 2.58. The Morgan fingerprint density at radius 3 is 2.76 bits per heavy atom. The first-order valence-corrected chi connectivity index (χ1v) is 8.12. The molecule has 0 aliphatic heterocycles. The maximum absolute atomic E-state index is 11.4. The molecule has 0 fully saturated rings.